The van der Waals surface area contributed by atoms with E-state index in [9.17, 15) is 9.65 Å². The zero-order valence-electron chi connectivity index (χ0n) is 10.1. The van der Waals surface area contributed by atoms with Crippen LogP contribution in [0.1, 0.15) is 32.1 Å². The highest BCUT2D eigenvalue weighted by atomic mass is 35.5. The first-order valence-corrected chi connectivity index (χ1v) is 6.69. The molecule has 2 atom stereocenters. The zero-order valence-corrected chi connectivity index (χ0v) is 10.9. The predicted octanol–water partition coefficient (Wildman–Crippen LogP) is 4.36. The van der Waals surface area contributed by atoms with Gasteiger partial charge in [-0.25, -0.2) is 4.39 Å². The first kappa shape index (κ1) is 13.2. The van der Waals surface area contributed by atoms with Crippen LogP contribution in [0.4, 0.5) is 10.1 Å². The molecule has 0 bridgehead atoms. The van der Waals surface area contributed by atoms with E-state index in [1.54, 1.807) is 12.1 Å². The van der Waals surface area contributed by atoms with Crippen LogP contribution in [-0.2, 0) is 0 Å². The highest BCUT2D eigenvalue weighted by Gasteiger charge is 2.24. The van der Waals surface area contributed by atoms with Crippen molar-refractivity contribution in [1.29, 1.82) is 5.26 Å². The molecule has 1 saturated carbocycles. The average Bonchev–Trinajstić information content (AvgIpc) is 2.57. The molecule has 1 aromatic carbocycles. The Bertz CT molecular complexity index is 456. The summed E-state index contributed by atoms with van der Waals surface area (Å²) in [6.07, 6.45) is 5.13. The molecular formula is C14H16ClFN2. The van der Waals surface area contributed by atoms with E-state index in [2.05, 4.69) is 11.4 Å². The third-order valence-electron chi connectivity index (χ3n) is 3.45. The fourth-order valence-electron chi connectivity index (χ4n) is 2.44. The highest BCUT2D eigenvalue weighted by Crippen LogP contribution is 2.27. The van der Waals surface area contributed by atoms with Gasteiger partial charge in [0.05, 0.1) is 17.7 Å². The Morgan fingerprint density at radius 1 is 1.28 bits per heavy atom. The number of hydrogen-bond acceptors (Lipinski definition) is 2. The molecule has 0 aromatic heterocycles. The van der Waals surface area contributed by atoms with Crippen LogP contribution in [0.5, 0.6) is 0 Å². The van der Waals surface area contributed by atoms with Gasteiger partial charge in [-0.1, -0.05) is 30.9 Å². The van der Waals surface area contributed by atoms with Gasteiger partial charge < -0.3 is 5.32 Å². The Morgan fingerprint density at radius 3 is 2.78 bits per heavy atom. The number of nitrogens with zero attached hydrogens (tertiary/aromatic N) is 1. The molecule has 1 aliphatic rings. The Morgan fingerprint density at radius 2 is 2.06 bits per heavy atom. The number of anilines is 1. The molecule has 96 valence electrons. The van der Waals surface area contributed by atoms with Crippen LogP contribution in [0.3, 0.4) is 0 Å². The molecule has 0 heterocycles. The largest absolute Gasteiger partial charge is 0.379 e. The minimum absolute atomic E-state index is 0.0353. The van der Waals surface area contributed by atoms with Crippen LogP contribution in [0.15, 0.2) is 18.2 Å². The fourth-order valence-corrected chi connectivity index (χ4v) is 2.60. The lowest BCUT2D eigenvalue weighted by molar-refractivity contribution is 0.510. The van der Waals surface area contributed by atoms with Crippen molar-refractivity contribution in [3.63, 3.8) is 0 Å². The number of rotatable bonds is 2. The summed E-state index contributed by atoms with van der Waals surface area (Å²) in [7, 11) is 0. The van der Waals surface area contributed by atoms with E-state index in [-0.39, 0.29) is 17.8 Å². The van der Waals surface area contributed by atoms with E-state index >= 15 is 0 Å². The Balaban J connectivity index is 2.13. The maximum atomic E-state index is 13.7. The topological polar surface area (TPSA) is 35.8 Å². The van der Waals surface area contributed by atoms with Gasteiger partial charge in [-0.15, -0.1) is 0 Å². The summed E-state index contributed by atoms with van der Waals surface area (Å²) in [5.74, 6) is -0.397. The van der Waals surface area contributed by atoms with Crippen molar-refractivity contribution in [2.75, 3.05) is 5.32 Å². The molecule has 1 fully saturated rings. The molecule has 1 N–H and O–H groups in total. The van der Waals surface area contributed by atoms with Crippen molar-refractivity contribution in [1.82, 2.24) is 0 Å². The van der Waals surface area contributed by atoms with Crippen LogP contribution >= 0.6 is 11.6 Å². The van der Waals surface area contributed by atoms with Gasteiger partial charge in [-0.05, 0) is 31.0 Å². The molecule has 0 amide bonds. The molecule has 0 radical (unpaired) electrons. The molecule has 2 nitrogen and oxygen atoms in total. The minimum Gasteiger partial charge on any atom is -0.379 e. The van der Waals surface area contributed by atoms with Crippen LogP contribution in [-0.4, -0.2) is 6.04 Å². The molecule has 0 aliphatic heterocycles. The quantitative estimate of drug-likeness (QED) is 0.807. The van der Waals surface area contributed by atoms with Crippen molar-refractivity contribution in [3.8, 4) is 6.07 Å². The van der Waals surface area contributed by atoms with Crippen molar-refractivity contribution in [2.45, 2.75) is 38.1 Å². The number of hydrogen-bond donors (Lipinski definition) is 1. The van der Waals surface area contributed by atoms with Crippen LogP contribution < -0.4 is 5.32 Å². The first-order valence-electron chi connectivity index (χ1n) is 6.32. The van der Waals surface area contributed by atoms with E-state index in [0.29, 0.717) is 10.7 Å². The van der Waals surface area contributed by atoms with Gasteiger partial charge in [-0.2, -0.15) is 5.26 Å². The summed E-state index contributed by atoms with van der Waals surface area (Å²) in [4.78, 5) is 0. The molecule has 4 heteroatoms. The summed E-state index contributed by atoms with van der Waals surface area (Å²) >= 11 is 5.72. The van der Waals surface area contributed by atoms with Gasteiger partial charge in [0.25, 0.3) is 0 Å². The second-order valence-corrected chi connectivity index (χ2v) is 5.19. The number of nitriles is 1. The van der Waals surface area contributed by atoms with Gasteiger partial charge in [0, 0.05) is 11.1 Å². The van der Waals surface area contributed by atoms with Crippen LogP contribution in [0.25, 0.3) is 0 Å². The van der Waals surface area contributed by atoms with E-state index < -0.39 is 0 Å². The summed E-state index contributed by atoms with van der Waals surface area (Å²) in [5, 5.41) is 12.7. The highest BCUT2D eigenvalue weighted by molar-refractivity contribution is 6.30. The first-order chi connectivity index (χ1) is 8.70. The Hall–Kier alpha value is -1.27. The van der Waals surface area contributed by atoms with Crippen molar-refractivity contribution < 1.29 is 4.39 Å². The Labute approximate surface area is 112 Å². The second kappa shape index (κ2) is 6.06. The third kappa shape index (κ3) is 3.14. The van der Waals surface area contributed by atoms with E-state index in [1.165, 1.54) is 6.07 Å². The monoisotopic (exact) mass is 266 g/mol. The van der Waals surface area contributed by atoms with E-state index in [4.69, 9.17) is 11.6 Å². The van der Waals surface area contributed by atoms with Gasteiger partial charge in [-0.3, -0.25) is 0 Å². The number of nitrogens with one attached hydrogen (secondary N) is 1. The standard InChI is InChI=1S/C14H16ClFN2/c15-11-6-7-14(12(16)8-11)18-13-5-3-1-2-4-10(13)9-17/h6-8,10,13,18H,1-5H2. The molecule has 1 aliphatic carbocycles. The second-order valence-electron chi connectivity index (χ2n) is 4.75. The summed E-state index contributed by atoms with van der Waals surface area (Å²) in [5.41, 5.74) is 0.437. The molecule has 18 heavy (non-hydrogen) atoms. The maximum absolute atomic E-state index is 13.7. The lowest BCUT2D eigenvalue weighted by Crippen LogP contribution is -2.27. The lowest BCUT2D eigenvalue weighted by Gasteiger charge is -2.22. The number of halogens is 2. The van der Waals surface area contributed by atoms with Gasteiger partial charge in [0.1, 0.15) is 5.82 Å². The average molecular weight is 267 g/mol. The normalized spacial score (nSPS) is 24.1. The van der Waals surface area contributed by atoms with Crippen LogP contribution in [0, 0.1) is 23.1 Å². The minimum atomic E-state index is -0.358. The van der Waals surface area contributed by atoms with Gasteiger partial charge in [0.2, 0.25) is 0 Å². The summed E-state index contributed by atoms with van der Waals surface area (Å²) in [6, 6.07) is 6.96. The molecule has 2 rings (SSSR count). The molecule has 1 aromatic rings. The van der Waals surface area contributed by atoms with Crippen molar-refractivity contribution in [3.05, 3.63) is 29.0 Å². The predicted molar refractivity (Wildman–Crippen MR) is 71.0 cm³/mol. The van der Waals surface area contributed by atoms with E-state index in [0.717, 1.165) is 32.1 Å². The third-order valence-corrected chi connectivity index (χ3v) is 3.69. The molecule has 0 spiro atoms. The van der Waals surface area contributed by atoms with Crippen LogP contribution in [0.2, 0.25) is 5.02 Å². The number of benzene rings is 1. The lowest BCUT2D eigenvalue weighted by atomic mass is 9.96. The van der Waals surface area contributed by atoms with Crippen molar-refractivity contribution >= 4 is 17.3 Å². The Kier molecular flexibility index (Phi) is 4.43. The molecular weight excluding hydrogens is 251 g/mol. The van der Waals surface area contributed by atoms with Gasteiger partial charge in [0.15, 0.2) is 0 Å². The van der Waals surface area contributed by atoms with Gasteiger partial charge >= 0.3 is 0 Å². The smallest absolute Gasteiger partial charge is 0.147 e. The molecule has 0 saturated heterocycles. The maximum Gasteiger partial charge on any atom is 0.147 e. The summed E-state index contributed by atoms with van der Waals surface area (Å²) < 4.78 is 13.7. The SMILES string of the molecule is N#CC1CCCCCC1Nc1ccc(Cl)cc1F. The van der Waals surface area contributed by atoms with E-state index in [1.807, 2.05) is 0 Å². The fraction of sp³-hybridized carbons (Fsp3) is 0.500. The molecule has 2 unspecified atom stereocenters. The zero-order chi connectivity index (χ0) is 13.0. The summed E-state index contributed by atoms with van der Waals surface area (Å²) in [6.45, 7) is 0. The van der Waals surface area contributed by atoms with Crippen molar-refractivity contribution in [2.24, 2.45) is 5.92 Å².